The first-order valence-corrected chi connectivity index (χ1v) is 11.7. The minimum atomic E-state index is -2.29. The second kappa shape index (κ2) is 11.2. The van der Waals surface area contributed by atoms with E-state index in [4.69, 9.17) is 14.2 Å². The summed E-state index contributed by atoms with van der Waals surface area (Å²) in [6, 6.07) is 16.7. The van der Waals surface area contributed by atoms with Crippen LogP contribution >= 0.6 is 0 Å². The molecule has 0 bridgehead atoms. The lowest BCUT2D eigenvalue weighted by Gasteiger charge is -2.49. The largest absolute Gasteiger partial charge is 0.394 e. The van der Waals surface area contributed by atoms with Crippen molar-refractivity contribution in [1.82, 2.24) is 0 Å². The monoisotopic (exact) mass is 508 g/mol. The molecule has 0 aliphatic carbocycles. The number of hydrogen-bond acceptors (Lipinski definition) is 11. The standard InChI is InChI=1S/C25H32O11/c26-11-16-18(28)19(29)20(30)24(34-16)35-22-17(12-27)36-25(33,23(32)21(22)31)10-13-5-4-8-15(9-13)14-6-2-1-3-7-14/h1-9,16-24,26-33H,10-12H2/t16-,17-,18+,19+,20-,21+,22-,23-,24+,25-/m1/s1. The molecule has 36 heavy (non-hydrogen) atoms. The van der Waals surface area contributed by atoms with E-state index in [2.05, 4.69) is 0 Å². The summed E-state index contributed by atoms with van der Waals surface area (Å²) >= 11 is 0. The fourth-order valence-corrected chi connectivity index (χ4v) is 4.64. The third kappa shape index (κ3) is 5.32. The summed E-state index contributed by atoms with van der Waals surface area (Å²) in [5.74, 6) is -2.29. The van der Waals surface area contributed by atoms with Gasteiger partial charge in [0.15, 0.2) is 12.1 Å². The minimum Gasteiger partial charge on any atom is -0.394 e. The molecule has 4 rings (SSSR count). The summed E-state index contributed by atoms with van der Waals surface area (Å²) < 4.78 is 16.4. The molecule has 0 aromatic heterocycles. The summed E-state index contributed by atoms with van der Waals surface area (Å²) in [5, 5.41) is 82.2. The lowest BCUT2D eigenvalue weighted by molar-refractivity contribution is -0.383. The Balaban J connectivity index is 1.51. The van der Waals surface area contributed by atoms with Gasteiger partial charge < -0.3 is 55.1 Å². The first-order chi connectivity index (χ1) is 17.2. The molecule has 0 spiro atoms. The zero-order valence-electron chi connectivity index (χ0n) is 19.3. The highest BCUT2D eigenvalue weighted by Gasteiger charge is 2.55. The second-order valence-corrected chi connectivity index (χ2v) is 9.16. The van der Waals surface area contributed by atoms with Gasteiger partial charge in [0.1, 0.15) is 48.8 Å². The van der Waals surface area contributed by atoms with Crippen LogP contribution < -0.4 is 0 Å². The van der Waals surface area contributed by atoms with Gasteiger partial charge in [-0.2, -0.15) is 0 Å². The molecule has 2 aromatic carbocycles. The Morgan fingerprint density at radius 1 is 0.750 bits per heavy atom. The Bertz CT molecular complexity index is 987. The fourth-order valence-electron chi connectivity index (χ4n) is 4.64. The Hall–Kier alpha value is -2.00. The molecule has 198 valence electrons. The number of hydrogen-bond donors (Lipinski definition) is 8. The summed E-state index contributed by atoms with van der Waals surface area (Å²) in [6.45, 7) is -1.43. The molecular weight excluding hydrogens is 476 g/mol. The zero-order valence-corrected chi connectivity index (χ0v) is 19.3. The third-order valence-electron chi connectivity index (χ3n) is 6.66. The van der Waals surface area contributed by atoms with E-state index >= 15 is 0 Å². The van der Waals surface area contributed by atoms with Crippen molar-refractivity contribution in [3.63, 3.8) is 0 Å². The van der Waals surface area contributed by atoms with Gasteiger partial charge in [0.2, 0.25) is 0 Å². The first-order valence-electron chi connectivity index (χ1n) is 11.7. The van der Waals surface area contributed by atoms with Gasteiger partial charge in [-0.15, -0.1) is 0 Å². The third-order valence-corrected chi connectivity index (χ3v) is 6.66. The van der Waals surface area contributed by atoms with Crippen LogP contribution in [0, 0.1) is 0 Å². The highest BCUT2D eigenvalue weighted by Crippen LogP contribution is 2.35. The fraction of sp³-hybridized carbons (Fsp3) is 0.520. The first kappa shape index (κ1) is 27.0. The molecule has 11 nitrogen and oxygen atoms in total. The maximum atomic E-state index is 11.2. The minimum absolute atomic E-state index is 0.227. The quantitative estimate of drug-likeness (QED) is 0.204. The molecule has 2 fully saturated rings. The van der Waals surface area contributed by atoms with E-state index in [1.54, 1.807) is 18.2 Å². The summed E-state index contributed by atoms with van der Waals surface area (Å²) in [7, 11) is 0. The Labute approximate surface area is 207 Å². The van der Waals surface area contributed by atoms with Crippen LogP contribution in [0.25, 0.3) is 11.1 Å². The van der Waals surface area contributed by atoms with Crippen LogP contribution in [0.4, 0.5) is 0 Å². The van der Waals surface area contributed by atoms with E-state index in [0.717, 1.165) is 11.1 Å². The van der Waals surface area contributed by atoms with Crippen molar-refractivity contribution in [3.05, 3.63) is 60.2 Å². The Kier molecular flexibility index (Phi) is 8.39. The van der Waals surface area contributed by atoms with Crippen LogP contribution in [0.2, 0.25) is 0 Å². The van der Waals surface area contributed by atoms with E-state index < -0.39 is 74.1 Å². The predicted molar refractivity (Wildman–Crippen MR) is 123 cm³/mol. The van der Waals surface area contributed by atoms with Gasteiger partial charge in [0.05, 0.1) is 13.2 Å². The highest BCUT2D eigenvalue weighted by atomic mass is 16.7. The molecular formula is C25H32O11. The van der Waals surface area contributed by atoms with E-state index in [1.807, 2.05) is 36.4 Å². The van der Waals surface area contributed by atoms with E-state index in [-0.39, 0.29) is 6.42 Å². The van der Waals surface area contributed by atoms with E-state index in [9.17, 15) is 40.9 Å². The average molecular weight is 509 g/mol. The Morgan fingerprint density at radius 2 is 1.42 bits per heavy atom. The van der Waals surface area contributed by atoms with Crippen LogP contribution in [0.1, 0.15) is 5.56 Å². The van der Waals surface area contributed by atoms with Crippen molar-refractivity contribution in [2.75, 3.05) is 13.2 Å². The van der Waals surface area contributed by atoms with Crippen LogP contribution in [0.5, 0.6) is 0 Å². The molecule has 11 heteroatoms. The number of ether oxygens (including phenoxy) is 3. The smallest absolute Gasteiger partial charge is 0.199 e. The van der Waals surface area contributed by atoms with Crippen LogP contribution in [-0.2, 0) is 20.6 Å². The van der Waals surface area contributed by atoms with Crippen LogP contribution in [0.3, 0.4) is 0 Å². The maximum absolute atomic E-state index is 11.2. The highest BCUT2D eigenvalue weighted by molar-refractivity contribution is 5.64. The van der Waals surface area contributed by atoms with Crippen molar-refractivity contribution < 1.29 is 55.1 Å². The lowest BCUT2D eigenvalue weighted by atomic mass is 9.88. The molecule has 2 saturated heterocycles. The summed E-state index contributed by atoms with van der Waals surface area (Å²) in [6.07, 6.45) is -14.8. The van der Waals surface area contributed by atoms with Crippen LogP contribution in [-0.4, -0.2) is 115 Å². The molecule has 2 aliphatic rings. The van der Waals surface area contributed by atoms with Gasteiger partial charge in [-0.25, -0.2) is 0 Å². The van der Waals surface area contributed by atoms with Crippen molar-refractivity contribution in [2.24, 2.45) is 0 Å². The van der Waals surface area contributed by atoms with Gasteiger partial charge in [0.25, 0.3) is 0 Å². The number of benzene rings is 2. The molecule has 2 aliphatic heterocycles. The van der Waals surface area contributed by atoms with Crippen LogP contribution in [0.15, 0.2) is 54.6 Å². The van der Waals surface area contributed by atoms with Gasteiger partial charge in [0, 0.05) is 6.42 Å². The summed E-state index contributed by atoms with van der Waals surface area (Å²) in [5.41, 5.74) is 2.40. The molecule has 0 saturated carbocycles. The maximum Gasteiger partial charge on any atom is 0.199 e. The molecule has 2 aromatic rings. The Morgan fingerprint density at radius 3 is 2.08 bits per heavy atom. The van der Waals surface area contributed by atoms with E-state index in [1.165, 1.54) is 0 Å². The molecule has 10 atom stereocenters. The van der Waals surface area contributed by atoms with Crippen molar-refractivity contribution in [2.45, 2.75) is 67.3 Å². The van der Waals surface area contributed by atoms with Crippen molar-refractivity contribution in [1.29, 1.82) is 0 Å². The SMILES string of the molecule is OC[C@H]1O[C@@H](O[C@H]2[C@H](O)[C@@H](O)[C@@](O)(Cc3cccc(-c4ccccc4)c3)O[C@@H]2CO)[C@H](O)[C@@H](O)[C@H]1O. The number of rotatable bonds is 7. The average Bonchev–Trinajstić information content (AvgIpc) is 2.89. The number of aliphatic hydroxyl groups excluding tert-OH is 7. The van der Waals surface area contributed by atoms with Gasteiger partial charge in [-0.05, 0) is 16.7 Å². The van der Waals surface area contributed by atoms with Gasteiger partial charge >= 0.3 is 0 Å². The van der Waals surface area contributed by atoms with E-state index in [0.29, 0.717) is 5.56 Å². The predicted octanol–water partition coefficient (Wildman–Crippen LogP) is -2.12. The molecule has 2 heterocycles. The van der Waals surface area contributed by atoms with Gasteiger partial charge in [-0.1, -0.05) is 54.6 Å². The van der Waals surface area contributed by atoms with Crippen molar-refractivity contribution >= 4 is 0 Å². The van der Waals surface area contributed by atoms with Gasteiger partial charge in [-0.3, -0.25) is 0 Å². The second-order valence-electron chi connectivity index (χ2n) is 9.16. The zero-order chi connectivity index (χ0) is 26.0. The normalized spacial score (nSPS) is 39.2. The van der Waals surface area contributed by atoms with Crippen molar-refractivity contribution in [3.8, 4) is 11.1 Å². The molecule has 8 N–H and O–H groups in total. The molecule has 0 unspecified atom stereocenters. The molecule has 0 radical (unpaired) electrons. The number of aliphatic hydroxyl groups is 8. The topological polar surface area (TPSA) is 190 Å². The summed E-state index contributed by atoms with van der Waals surface area (Å²) in [4.78, 5) is 0. The molecule has 0 amide bonds. The lowest BCUT2D eigenvalue weighted by Crippen LogP contribution is -2.68.